The monoisotopic (exact) mass is 449 g/mol. The van der Waals surface area contributed by atoms with Gasteiger partial charge in [-0.2, -0.15) is 4.98 Å². The van der Waals surface area contributed by atoms with Crippen LogP contribution in [0.5, 0.6) is 5.88 Å². The summed E-state index contributed by atoms with van der Waals surface area (Å²) in [7, 11) is 0. The van der Waals surface area contributed by atoms with Crippen molar-refractivity contribution < 1.29 is 32.2 Å². The Labute approximate surface area is 177 Å². The van der Waals surface area contributed by atoms with E-state index in [1.807, 2.05) is 0 Å². The van der Waals surface area contributed by atoms with Crippen LogP contribution in [0.1, 0.15) is 44.5 Å². The molecule has 1 aliphatic rings. The Morgan fingerprint density at radius 1 is 1.47 bits per heavy atom. The van der Waals surface area contributed by atoms with Gasteiger partial charge >= 0.3 is 6.09 Å². The van der Waals surface area contributed by atoms with Gasteiger partial charge in [-0.05, 0) is 33.8 Å². The summed E-state index contributed by atoms with van der Waals surface area (Å²) in [5, 5.41) is 1.89. The summed E-state index contributed by atoms with van der Waals surface area (Å²) in [5.74, 6) is -2.34. The van der Waals surface area contributed by atoms with Crippen LogP contribution in [-0.2, 0) is 4.74 Å². The zero-order valence-corrected chi connectivity index (χ0v) is 17.7. The zero-order valence-electron chi connectivity index (χ0n) is 17.0. The van der Waals surface area contributed by atoms with Gasteiger partial charge in [-0.1, -0.05) is 17.7 Å². The summed E-state index contributed by atoms with van der Waals surface area (Å²) in [6.07, 6.45) is -4.23. The van der Waals surface area contributed by atoms with Crippen LogP contribution in [0, 0.1) is 5.82 Å². The molecule has 166 valence electrons. The minimum atomic E-state index is -2.97. The molecule has 2 heterocycles. The van der Waals surface area contributed by atoms with Gasteiger partial charge in [0.15, 0.2) is 17.1 Å². The fourth-order valence-corrected chi connectivity index (χ4v) is 2.76. The number of allylic oxidation sites excluding steroid dienone is 1. The number of nitrogens with zero attached hydrogens (tertiary/aromatic N) is 2. The van der Waals surface area contributed by atoms with Crippen molar-refractivity contribution in [2.24, 2.45) is 0 Å². The molecule has 30 heavy (non-hydrogen) atoms. The molecule has 0 saturated carbocycles. The molecule has 1 atom stereocenters. The van der Waals surface area contributed by atoms with Crippen molar-refractivity contribution in [2.75, 3.05) is 13.1 Å². The number of amides is 2. The lowest BCUT2D eigenvalue weighted by Gasteiger charge is -2.30. The number of hydrogen-bond acceptors (Lipinski definition) is 5. The molecule has 1 N–H and O–H groups in total. The smallest absolute Gasteiger partial charge is 0.414 e. The van der Waals surface area contributed by atoms with Gasteiger partial charge in [-0.15, -0.1) is 0 Å². The molecule has 0 unspecified atom stereocenters. The van der Waals surface area contributed by atoms with Crippen LogP contribution in [0.25, 0.3) is 0 Å². The number of carbonyl (C=O) groups excluding carboxylic acids is 2. The summed E-state index contributed by atoms with van der Waals surface area (Å²) >= 11 is 5.63. The number of pyridine rings is 1. The highest BCUT2D eigenvalue weighted by Crippen LogP contribution is 2.26. The Morgan fingerprint density at radius 3 is 2.70 bits per heavy atom. The molecule has 11 heteroatoms. The lowest BCUT2D eigenvalue weighted by atomic mass is 10.2. The SMILES string of the molecule is C/C=C1/CNC(=O)c2cc(F)c(Cl)nc2O[C@@H](C(F)F)CCN1C(=O)OC(C)(C)C. The van der Waals surface area contributed by atoms with Crippen LogP contribution in [-0.4, -0.2) is 53.1 Å². The highest BCUT2D eigenvalue weighted by atomic mass is 35.5. The molecule has 2 amide bonds. The van der Waals surface area contributed by atoms with E-state index in [9.17, 15) is 22.8 Å². The van der Waals surface area contributed by atoms with Crippen LogP contribution < -0.4 is 10.1 Å². The standard InChI is InChI=1S/C19H23ClF3N3O4/c1-5-10-9-24-16(27)11-8-12(21)14(20)25-17(11)29-13(15(22)23)6-7-26(10)18(28)30-19(2,3)4/h5,8,13,15H,6-7,9H2,1-4H3,(H,24,27)/b10-5-/t13-/m1/s1. The van der Waals surface area contributed by atoms with Crippen molar-refractivity contribution in [3.63, 3.8) is 0 Å². The van der Waals surface area contributed by atoms with Gasteiger partial charge in [0.2, 0.25) is 5.88 Å². The van der Waals surface area contributed by atoms with Gasteiger partial charge in [0.25, 0.3) is 12.3 Å². The van der Waals surface area contributed by atoms with Crippen molar-refractivity contribution >= 4 is 23.6 Å². The molecule has 1 aliphatic heterocycles. The van der Waals surface area contributed by atoms with E-state index in [1.54, 1.807) is 33.8 Å². The molecule has 0 aliphatic carbocycles. The quantitative estimate of drug-likeness (QED) is 0.651. The molecule has 1 aromatic rings. The molecule has 0 aromatic carbocycles. The zero-order chi connectivity index (χ0) is 22.6. The van der Waals surface area contributed by atoms with E-state index in [0.29, 0.717) is 5.70 Å². The number of carbonyl (C=O) groups is 2. The second-order valence-electron chi connectivity index (χ2n) is 7.49. The fourth-order valence-electron chi connectivity index (χ4n) is 2.63. The number of halogens is 4. The van der Waals surface area contributed by atoms with Crippen molar-refractivity contribution in [2.45, 2.75) is 52.2 Å². The summed E-state index contributed by atoms with van der Waals surface area (Å²) < 4.78 is 51.6. The van der Waals surface area contributed by atoms with E-state index >= 15 is 0 Å². The van der Waals surface area contributed by atoms with Gasteiger partial charge in [0.05, 0.1) is 6.54 Å². The van der Waals surface area contributed by atoms with Gasteiger partial charge in [-0.3, -0.25) is 9.69 Å². The van der Waals surface area contributed by atoms with Crippen LogP contribution in [0.15, 0.2) is 17.8 Å². The number of nitrogens with one attached hydrogen (secondary N) is 1. The lowest BCUT2D eigenvalue weighted by Crippen LogP contribution is -2.41. The number of fused-ring (bicyclic) bond motifs is 1. The number of alkyl halides is 2. The molecule has 0 radical (unpaired) electrons. The van der Waals surface area contributed by atoms with Crippen molar-refractivity contribution in [3.05, 3.63) is 34.4 Å². The molecule has 7 nitrogen and oxygen atoms in total. The van der Waals surface area contributed by atoms with E-state index in [2.05, 4.69) is 10.3 Å². The summed E-state index contributed by atoms with van der Waals surface area (Å²) in [5.41, 5.74) is -0.890. The van der Waals surface area contributed by atoms with Gasteiger partial charge in [0, 0.05) is 18.7 Å². The molecule has 0 saturated heterocycles. The third-order valence-corrected chi connectivity index (χ3v) is 4.31. The Kier molecular flexibility index (Phi) is 7.57. The van der Waals surface area contributed by atoms with Gasteiger partial charge in [0.1, 0.15) is 11.2 Å². The third kappa shape index (κ3) is 6.01. The molecule has 0 bridgehead atoms. The molecule has 0 spiro atoms. The van der Waals surface area contributed by atoms with E-state index in [0.717, 1.165) is 11.0 Å². The van der Waals surface area contributed by atoms with Gasteiger partial charge in [-0.25, -0.2) is 18.0 Å². The molecule has 1 aromatic heterocycles. The fraction of sp³-hybridized carbons (Fsp3) is 0.526. The number of aromatic nitrogens is 1. The number of ether oxygens (including phenoxy) is 2. The minimum Gasteiger partial charge on any atom is -0.468 e. The Hall–Kier alpha value is -2.49. The van der Waals surface area contributed by atoms with Crippen LogP contribution in [0.3, 0.4) is 0 Å². The topological polar surface area (TPSA) is 80.8 Å². The van der Waals surface area contributed by atoms with E-state index in [-0.39, 0.29) is 25.1 Å². The number of rotatable bonds is 1. The Morgan fingerprint density at radius 2 is 2.13 bits per heavy atom. The van der Waals surface area contributed by atoms with Crippen LogP contribution in [0.4, 0.5) is 18.0 Å². The third-order valence-electron chi connectivity index (χ3n) is 4.05. The predicted molar refractivity (Wildman–Crippen MR) is 103 cm³/mol. The van der Waals surface area contributed by atoms with Crippen LogP contribution >= 0.6 is 11.6 Å². The first-order valence-corrected chi connectivity index (χ1v) is 9.55. The first-order valence-electron chi connectivity index (χ1n) is 9.17. The van der Waals surface area contributed by atoms with E-state index in [4.69, 9.17) is 21.1 Å². The lowest BCUT2D eigenvalue weighted by molar-refractivity contribution is -0.00371. The predicted octanol–water partition coefficient (Wildman–Crippen LogP) is 4.16. The second-order valence-corrected chi connectivity index (χ2v) is 7.85. The van der Waals surface area contributed by atoms with E-state index in [1.165, 1.54) is 0 Å². The normalized spacial score (nSPS) is 19.6. The highest BCUT2D eigenvalue weighted by molar-refractivity contribution is 6.29. The average Bonchev–Trinajstić information content (AvgIpc) is 2.65. The summed E-state index contributed by atoms with van der Waals surface area (Å²) in [6, 6.07) is 0.765. The molecular weight excluding hydrogens is 427 g/mol. The first kappa shape index (κ1) is 23.8. The molecule has 2 rings (SSSR count). The van der Waals surface area contributed by atoms with E-state index < -0.39 is 47.0 Å². The van der Waals surface area contributed by atoms with Crippen LogP contribution in [0.2, 0.25) is 5.15 Å². The Bertz CT molecular complexity index is 843. The average molecular weight is 450 g/mol. The first-order chi connectivity index (χ1) is 13.9. The largest absolute Gasteiger partial charge is 0.468 e. The minimum absolute atomic E-state index is 0.141. The van der Waals surface area contributed by atoms with Crippen molar-refractivity contribution in [3.8, 4) is 5.88 Å². The maximum absolute atomic E-state index is 13.8. The second kappa shape index (κ2) is 9.55. The maximum Gasteiger partial charge on any atom is 0.414 e. The summed E-state index contributed by atoms with van der Waals surface area (Å²) in [4.78, 5) is 29.9. The maximum atomic E-state index is 13.8. The molecular formula is C19H23ClF3N3O4. The Balaban J connectivity index is 2.45. The van der Waals surface area contributed by atoms with Crippen molar-refractivity contribution in [1.29, 1.82) is 0 Å². The number of hydrogen-bond donors (Lipinski definition) is 1. The summed E-state index contributed by atoms with van der Waals surface area (Å²) in [6.45, 7) is 6.30. The molecule has 0 fully saturated rings. The van der Waals surface area contributed by atoms with Gasteiger partial charge < -0.3 is 14.8 Å². The van der Waals surface area contributed by atoms with Crippen molar-refractivity contribution in [1.82, 2.24) is 15.2 Å². The highest BCUT2D eigenvalue weighted by Gasteiger charge is 2.31.